The molecule has 0 aliphatic heterocycles. The Labute approximate surface area is 140 Å². The van der Waals surface area contributed by atoms with Gasteiger partial charge in [0.25, 0.3) is 0 Å². The molecule has 2 aromatic rings. The number of aromatic nitrogens is 3. The Morgan fingerprint density at radius 1 is 1.13 bits per heavy atom. The summed E-state index contributed by atoms with van der Waals surface area (Å²) in [6.07, 6.45) is 9.85. The number of allylic oxidation sites excluding steroid dienone is 1. The van der Waals surface area contributed by atoms with E-state index in [4.69, 9.17) is 0 Å². The highest BCUT2D eigenvalue weighted by atomic mass is 15.1. The predicted molar refractivity (Wildman–Crippen MR) is 97.6 cm³/mol. The van der Waals surface area contributed by atoms with Crippen molar-refractivity contribution in [1.82, 2.24) is 14.5 Å². The first-order chi connectivity index (χ1) is 10.9. The minimum atomic E-state index is 0.422. The zero-order chi connectivity index (χ0) is 17.0. The molecule has 0 amide bonds. The highest BCUT2D eigenvalue weighted by Gasteiger charge is 2.14. The third-order valence-electron chi connectivity index (χ3n) is 4.41. The van der Waals surface area contributed by atoms with Crippen molar-refractivity contribution in [2.45, 2.75) is 65.3 Å². The van der Waals surface area contributed by atoms with Gasteiger partial charge >= 0.3 is 0 Å². The Balaban J connectivity index is 2.06. The second-order valence-electron chi connectivity index (χ2n) is 6.96. The summed E-state index contributed by atoms with van der Waals surface area (Å²) >= 11 is 0. The molecule has 2 heterocycles. The Morgan fingerprint density at radius 3 is 2.52 bits per heavy atom. The number of rotatable bonds is 7. The van der Waals surface area contributed by atoms with Gasteiger partial charge in [-0.15, -0.1) is 0 Å². The van der Waals surface area contributed by atoms with Gasteiger partial charge < -0.3 is 4.57 Å². The summed E-state index contributed by atoms with van der Waals surface area (Å²) in [5.74, 6) is 2.09. The average Bonchev–Trinajstić information content (AvgIpc) is 3.02. The van der Waals surface area contributed by atoms with Crippen LogP contribution >= 0.6 is 0 Å². The van der Waals surface area contributed by atoms with Gasteiger partial charge in [-0.05, 0) is 48.4 Å². The van der Waals surface area contributed by atoms with Gasteiger partial charge in [-0.25, -0.2) is 4.98 Å². The molecule has 0 spiro atoms. The van der Waals surface area contributed by atoms with E-state index < -0.39 is 0 Å². The Kier molecular flexibility index (Phi) is 5.75. The highest BCUT2D eigenvalue weighted by molar-refractivity contribution is 5.66. The van der Waals surface area contributed by atoms with E-state index in [-0.39, 0.29) is 0 Å². The lowest BCUT2D eigenvalue weighted by molar-refractivity contribution is 0.484. The Hall–Kier alpha value is -1.90. The molecule has 0 saturated heterocycles. The SMILES string of the molecule is C=C(CCC(C)n1ccnc1C(C)C)c1cnccc1C(C)C. The molecule has 2 aromatic heterocycles. The van der Waals surface area contributed by atoms with Crippen LogP contribution in [0.2, 0.25) is 0 Å². The molecule has 124 valence electrons. The summed E-state index contributed by atoms with van der Waals surface area (Å²) < 4.78 is 2.30. The first kappa shape index (κ1) is 17.5. The highest BCUT2D eigenvalue weighted by Crippen LogP contribution is 2.29. The monoisotopic (exact) mass is 311 g/mol. The minimum absolute atomic E-state index is 0.422. The largest absolute Gasteiger partial charge is 0.332 e. The van der Waals surface area contributed by atoms with Crippen molar-refractivity contribution < 1.29 is 0 Å². The van der Waals surface area contributed by atoms with Crippen LogP contribution in [-0.4, -0.2) is 14.5 Å². The van der Waals surface area contributed by atoms with Crippen molar-refractivity contribution in [3.05, 3.63) is 54.4 Å². The summed E-state index contributed by atoms with van der Waals surface area (Å²) in [5, 5.41) is 0. The lowest BCUT2D eigenvalue weighted by atomic mass is 9.92. The molecule has 0 aliphatic rings. The van der Waals surface area contributed by atoms with Crippen LogP contribution in [-0.2, 0) is 0 Å². The van der Waals surface area contributed by atoms with Gasteiger partial charge in [0, 0.05) is 36.7 Å². The summed E-state index contributed by atoms with van der Waals surface area (Å²) in [5.41, 5.74) is 3.73. The topological polar surface area (TPSA) is 30.7 Å². The van der Waals surface area contributed by atoms with Crippen molar-refractivity contribution in [3.8, 4) is 0 Å². The molecular formula is C20H29N3. The third-order valence-corrected chi connectivity index (χ3v) is 4.41. The molecule has 0 aromatic carbocycles. The van der Waals surface area contributed by atoms with Crippen LogP contribution in [0.4, 0.5) is 0 Å². The summed E-state index contributed by atoms with van der Waals surface area (Å²) in [7, 11) is 0. The quantitative estimate of drug-likeness (QED) is 0.668. The third kappa shape index (κ3) is 4.10. The molecule has 0 bridgehead atoms. The van der Waals surface area contributed by atoms with Gasteiger partial charge in [-0.2, -0.15) is 0 Å². The normalized spacial score (nSPS) is 12.8. The van der Waals surface area contributed by atoms with Crippen molar-refractivity contribution >= 4 is 5.57 Å². The molecule has 0 N–H and O–H groups in total. The van der Waals surface area contributed by atoms with E-state index in [0.29, 0.717) is 17.9 Å². The zero-order valence-corrected chi connectivity index (χ0v) is 15.1. The van der Waals surface area contributed by atoms with Crippen molar-refractivity contribution in [2.75, 3.05) is 0 Å². The van der Waals surface area contributed by atoms with E-state index in [2.05, 4.69) is 68.0 Å². The van der Waals surface area contributed by atoms with E-state index in [0.717, 1.165) is 18.7 Å². The van der Waals surface area contributed by atoms with E-state index in [9.17, 15) is 0 Å². The maximum absolute atomic E-state index is 4.49. The maximum Gasteiger partial charge on any atom is 0.111 e. The standard InChI is InChI=1S/C20H29N3/c1-14(2)18-9-10-21-13-19(18)16(5)7-8-17(6)23-12-11-22-20(23)15(3)4/h9-15,17H,5,7-8H2,1-4,6H3. The minimum Gasteiger partial charge on any atom is -0.332 e. The van der Waals surface area contributed by atoms with Crippen LogP contribution in [0, 0.1) is 0 Å². The molecule has 0 aliphatic carbocycles. The van der Waals surface area contributed by atoms with E-state index >= 15 is 0 Å². The maximum atomic E-state index is 4.49. The van der Waals surface area contributed by atoms with Crippen LogP contribution in [0.5, 0.6) is 0 Å². The van der Waals surface area contributed by atoms with Gasteiger partial charge in [0.1, 0.15) is 5.82 Å². The van der Waals surface area contributed by atoms with Crippen molar-refractivity contribution in [2.24, 2.45) is 0 Å². The smallest absolute Gasteiger partial charge is 0.111 e. The zero-order valence-electron chi connectivity index (χ0n) is 15.1. The van der Waals surface area contributed by atoms with Crippen LogP contribution in [0.25, 0.3) is 5.57 Å². The fourth-order valence-corrected chi connectivity index (χ4v) is 3.01. The van der Waals surface area contributed by atoms with Gasteiger partial charge in [0.05, 0.1) is 0 Å². The molecule has 23 heavy (non-hydrogen) atoms. The number of imidazole rings is 1. The van der Waals surface area contributed by atoms with E-state index in [1.54, 1.807) is 0 Å². The average molecular weight is 311 g/mol. The number of hydrogen-bond donors (Lipinski definition) is 0. The second-order valence-corrected chi connectivity index (χ2v) is 6.96. The fourth-order valence-electron chi connectivity index (χ4n) is 3.01. The van der Waals surface area contributed by atoms with Crippen LogP contribution in [0.15, 0.2) is 37.4 Å². The van der Waals surface area contributed by atoms with Crippen molar-refractivity contribution in [1.29, 1.82) is 0 Å². The Morgan fingerprint density at radius 2 is 1.87 bits per heavy atom. The molecule has 2 rings (SSSR count). The second kappa shape index (κ2) is 7.58. The van der Waals surface area contributed by atoms with Gasteiger partial charge in [-0.3, -0.25) is 4.98 Å². The van der Waals surface area contributed by atoms with Crippen molar-refractivity contribution in [3.63, 3.8) is 0 Å². The van der Waals surface area contributed by atoms with Gasteiger partial charge in [0.15, 0.2) is 0 Å². The summed E-state index contributed by atoms with van der Waals surface area (Å²) in [6.45, 7) is 15.4. The van der Waals surface area contributed by atoms with Crippen LogP contribution in [0.1, 0.15) is 82.3 Å². The molecular weight excluding hydrogens is 282 g/mol. The number of pyridine rings is 1. The predicted octanol–water partition coefficient (Wildman–Crippen LogP) is 5.58. The van der Waals surface area contributed by atoms with Gasteiger partial charge in [-0.1, -0.05) is 34.3 Å². The van der Waals surface area contributed by atoms with Crippen LogP contribution in [0.3, 0.4) is 0 Å². The van der Waals surface area contributed by atoms with E-state index in [1.807, 2.05) is 18.6 Å². The molecule has 1 atom stereocenters. The number of hydrogen-bond acceptors (Lipinski definition) is 2. The molecule has 3 heteroatoms. The first-order valence-corrected chi connectivity index (χ1v) is 8.56. The van der Waals surface area contributed by atoms with E-state index in [1.165, 1.54) is 16.7 Å². The molecule has 0 saturated carbocycles. The van der Waals surface area contributed by atoms with Gasteiger partial charge in [0.2, 0.25) is 0 Å². The molecule has 0 fully saturated rings. The summed E-state index contributed by atoms with van der Waals surface area (Å²) in [4.78, 5) is 8.78. The lowest BCUT2D eigenvalue weighted by Gasteiger charge is -2.20. The fraction of sp³-hybridized carbons (Fsp3) is 0.500. The summed E-state index contributed by atoms with van der Waals surface area (Å²) in [6, 6.07) is 2.53. The molecule has 1 unspecified atom stereocenters. The Bertz CT molecular complexity index is 652. The first-order valence-electron chi connectivity index (χ1n) is 8.56. The van der Waals surface area contributed by atoms with Crippen LogP contribution < -0.4 is 0 Å². The lowest BCUT2D eigenvalue weighted by Crippen LogP contribution is -2.10. The molecule has 3 nitrogen and oxygen atoms in total. The number of nitrogens with zero attached hydrogens (tertiary/aromatic N) is 3. The molecule has 0 radical (unpaired) electrons.